The van der Waals surface area contributed by atoms with Gasteiger partial charge < -0.3 is 0 Å². The molecule has 0 aliphatic heterocycles. The first-order chi connectivity index (χ1) is 11.7. The van der Waals surface area contributed by atoms with Gasteiger partial charge in [-0.05, 0) is 30.7 Å². The quantitative estimate of drug-likeness (QED) is 0.712. The van der Waals surface area contributed by atoms with E-state index < -0.39 is 28.4 Å². The van der Waals surface area contributed by atoms with E-state index in [9.17, 15) is 26.4 Å². The highest BCUT2D eigenvalue weighted by molar-refractivity contribution is 7.92. The fraction of sp³-hybridized carbons (Fsp3) is 0.294. The van der Waals surface area contributed by atoms with E-state index in [1.807, 2.05) is 0 Å². The van der Waals surface area contributed by atoms with E-state index in [1.165, 1.54) is 48.8 Å². The summed E-state index contributed by atoms with van der Waals surface area (Å²) in [5.74, 6) is -0.480. The Morgan fingerprint density at radius 2 is 1.88 bits per heavy atom. The lowest BCUT2D eigenvalue weighted by Gasteiger charge is -2.09. The number of hydrogen-bond acceptors (Lipinski definition) is 4. The summed E-state index contributed by atoms with van der Waals surface area (Å²) in [7, 11) is -3.86. The Morgan fingerprint density at radius 3 is 2.50 bits per heavy atom. The van der Waals surface area contributed by atoms with Crippen molar-refractivity contribution in [2.75, 3.05) is 4.72 Å². The second kappa shape index (κ2) is 8.79. The van der Waals surface area contributed by atoms with Gasteiger partial charge >= 0.3 is 6.18 Å². The van der Waals surface area contributed by atoms with Crippen LogP contribution in [0.1, 0.15) is 37.0 Å². The van der Waals surface area contributed by atoms with Crippen molar-refractivity contribution in [3.05, 3.63) is 54.4 Å². The summed E-state index contributed by atoms with van der Waals surface area (Å²) in [6, 6.07) is 8.46. The second-order valence-corrected chi connectivity index (χ2v) is 6.95. The third-order valence-electron chi connectivity index (χ3n) is 3.25. The van der Waals surface area contributed by atoms with Gasteiger partial charge in [0, 0.05) is 36.5 Å². The van der Waals surface area contributed by atoms with Gasteiger partial charge in [-0.1, -0.05) is 19.6 Å². The number of benzene rings is 1. The number of rotatable bonds is 7. The number of alkyl halides is 3. The van der Waals surface area contributed by atoms with Crippen molar-refractivity contribution in [2.45, 2.75) is 37.8 Å². The molecule has 26 heavy (non-hydrogen) atoms. The van der Waals surface area contributed by atoms with Gasteiger partial charge in [-0.15, -0.1) is 0 Å². The lowest BCUT2D eigenvalue weighted by molar-refractivity contribution is -0.135. The minimum Gasteiger partial charge on any atom is -0.294 e. The lowest BCUT2D eigenvalue weighted by Crippen LogP contribution is -2.13. The molecule has 2 rings (SSSR count). The molecule has 2 aromatic rings. The van der Waals surface area contributed by atoms with Crippen LogP contribution in [0.2, 0.25) is 0 Å². The topological polar surface area (TPSA) is 76.1 Å². The first-order valence-corrected chi connectivity index (χ1v) is 8.78. The molecule has 142 valence electrons. The molecule has 0 aliphatic carbocycles. The largest absolute Gasteiger partial charge is 0.389 e. The third kappa shape index (κ3) is 6.47. The summed E-state index contributed by atoms with van der Waals surface area (Å²) < 4.78 is 63.1. The van der Waals surface area contributed by atoms with Crippen LogP contribution in [-0.4, -0.2) is 25.4 Å². The molecule has 5 nitrogen and oxygen atoms in total. The van der Waals surface area contributed by atoms with E-state index in [2.05, 4.69) is 9.71 Å². The van der Waals surface area contributed by atoms with Gasteiger partial charge in [-0.3, -0.25) is 14.5 Å². The number of halogens is 3. The standard InChI is InChI=1S/C16H15F3N2O3S.CH4/c17-16(18,19)8-2-7-15(22)12-4-1-5-13(10-12)21-25(23,24)14-6-3-9-20-11-14;/h1,3-6,9-11,21H,2,7-8H2;1H4. The zero-order valence-electron chi connectivity index (χ0n) is 13.0. The molecule has 0 spiro atoms. The zero-order chi connectivity index (χ0) is 18.5. The fourth-order valence-electron chi connectivity index (χ4n) is 2.07. The molecule has 0 atom stereocenters. The van der Waals surface area contributed by atoms with Gasteiger partial charge in [0.15, 0.2) is 5.78 Å². The molecule has 0 radical (unpaired) electrons. The highest BCUT2D eigenvalue weighted by atomic mass is 32.2. The van der Waals surface area contributed by atoms with Crippen LogP contribution in [0.4, 0.5) is 18.9 Å². The number of anilines is 1. The first kappa shape index (κ1) is 21.6. The Bertz CT molecular complexity index is 838. The van der Waals surface area contributed by atoms with E-state index in [0.29, 0.717) is 0 Å². The predicted octanol–water partition coefficient (Wildman–Crippen LogP) is 4.43. The Morgan fingerprint density at radius 1 is 1.15 bits per heavy atom. The molecular weight excluding hydrogens is 369 g/mol. The second-order valence-electron chi connectivity index (χ2n) is 5.27. The van der Waals surface area contributed by atoms with Crippen LogP contribution >= 0.6 is 0 Å². The van der Waals surface area contributed by atoms with Crippen molar-refractivity contribution in [1.82, 2.24) is 4.98 Å². The molecule has 0 amide bonds. The number of carbonyl (C=O) groups excluding carboxylic acids is 1. The molecule has 1 aromatic heterocycles. The number of hydrogen-bond donors (Lipinski definition) is 1. The number of nitrogens with one attached hydrogen (secondary N) is 1. The Balaban J connectivity index is 0.00000338. The average molecular weight is 388 g/mol. The maximum absolute atomic E-state index is 12.2. The van der Waals surface area contributed by atoms with Gasteiger partial charge in [-0.25, -0.2) is 8.42 Å². The van der Waals surface area contributed by atoms with Crippen molar-refractivity contribution in [2.24, 2.45) is 0 Å². The Labute approximate surface area is 150 Å². The van der Waals surface area contributed by atoms with E-state index in [1.54, 1.807) is 0 Å². The normalized spacial score (nSPS) is 11.5. The number of Topliss-reactive ketones (excluding diaryl/α,β-unsaturated/α-hetero) is 1. The first-order valence-electron chi connectivity index (χ1n) is 7.30. The van der Waals surface area contributed by atoms with Crippen molar-refractivity contribution in [3.8, 4) is 0 Å². The summed E-state index contributed by atoms with van der Waals surface area (Å²) in [4.78, 5) is 15.6. The van der Waals surface area contributed by atoms with Crippen molar-refractivity contribution in [3.63, 3.8) is 0 Å². The summed E-state index contributed by atoms with van der Waals surface area (Å²) in [5.41, 5.74) is 0.291. The van der Waals surface area contributed by atoms with E-state index in [-0.39, 0.29) is 36.4 Å². The average Bonchev–Trinajstić information content (AvgIpc) is 2.54. The molecule has 0 fully saturated rings. The van der Waals surface area contributed by atoms with Crippen LogP contribution in [0.25, 0.3) is 0 Å². The number of pyridine rings is 1. The van der Waals surface area contributed by atoms with Gasteiger partial charge in [0.2, 0.25) is 0 Å². The molecule has 0 aliphatic rings. The Kier molecular flexibility index (Phi) is 7.31. The van der Waals surface area contributed by atoms with Crippen molar-refractivity contribution < 1.29 is 26.4 Å². The van der Waals surface area contributed by atoms with Crippen LogP contribution in [0.15, 0.2) is 53.7 Å². The predicted molar refractivity (Wildman–Crippen MR) is 92.5 cm³/mol. The van der Waals surface area contributed by atoms with Gasteiger partial charge in [-0.2, -0.15) is 13.2 Å². The molecular formula is C17H19F3N2O3S. The monoisotopic (exact) mass is 388 g/mol. The SMILES string of the molecule is C.O=C(CCCC(F)(F)F)c1cccc(NS(=O)(=O)c2cccnc2)c1. The zero-order valence-corrected chi connectivity index (χ0v) is 13.8. The van der Waals surface area contributed by atoms with E-state index >= 15 is 0 Å². The smallest absolute Gasteiger partial charge is 0.294 e. The summed E-state index contributed by atoms with van der Waals surface area (Å²) >= 11 is 0. The van der Waals surface area contributed by atoms with Crippen LogP contribution in [0, 0.1) is 0 Å². The fourth-order valence-corrected chi connectivity index (χ4v) is 3.08. The third-order valence-corrected chi connectivity index (χ3v) is 4.61. The van der Waals surface area contributed by atoms with Crippen molar-refractivity contribution in [1.29, 1.82) is 0 Å². The maximum Gasteiger partial charge on any atom is 0.389 e. The van der Waals surface area contributed by atoms with E-state index in [0.717, 1.165) is 0 Å². The summed E-state index contributed by atoms with van der Waals surface area (Å²) in [5, 5.41) is 0. The molecule has 1 heterocycles. The van der Waals surface area contributed by atoms with Crippen molar-refractivity contribution >= 4 is 21.5 Å². The number of sulfonamides is 1. The highest BCUT2D eigenvalue weighted by Crippen LogP contribution is 2.23. The van der Waals surface area contributed by atoms with Gasteiger partial charge in [0.25, 0.3) is 10.0 Å². The van der Waals surface area contributed by atoms with Crippen LogP contribution < -0.4 is 4.72 Å². The maximum atomic E-state index is 12.2. The van der Waals surface area contributed by atoms with E-state index in [4.69, 9.17) is 0 Å². The molecule has 0 saturated heterocycles. The minimum atomic E-state index is -4.30. The molecule has 1 N–H and O–H groups in total. The Hall–Kier alpha value is -2.42. The molecule has 0 bridgehead atoms. The summed E-state index contributed by atoms with van der Waals surface area (Å²) in [6.07, 6.45) is -3.31. The summed E-state index contributed by atoms with van der Waals surface area (Å²) in [6.45, 7) is 0. The molecule has 1 aromatic carbocycles. The van der Waals surface area contributed by atoms with Crippen LogP contribution in [0.5, 0.6) is 0 Å². The molecule has 0 unspecified atom stereocenters. The molecule has 0 saturated carbocycles. The number of aromatic nitrogens is 1. The number of ketones is 1. The lowest BCUT2D eigenvalue weighted by atomic mass is 10.0. The van der Waals surface area contributed by atoms with Crippen LogP contribution in [0.3, 0.4) is 0 Å². The number of nitrogens with zero attached hydrogens (tertiary/aromatic N) is 1. The van der Waals surface area contributed by atoms with Gasteiger partial charge in [0.1, 0.15) is 4.90 Å². The highest BCUT2D eigenvalue weighted by Gasteiger charge is 2.26. The van der Waals surface area contributed by atoms with Crippen LogP contribution in [-0.2, 0) is 10.0 Å². The van der Waals surface area contributed by atoms with Gasteiger partial charge in [0.05, 0.1) is 0 Å². The minimum absolute atomic E-state index is 0. The number of carbonyl (C=O) groups is 1. The molecule has 9 heteroatoms.